The summed E-state index contributed by atoms with van der Waals surface area (Å²) < 4.78 is 0. The Morgan fingerprint density at radius 1 is 1.25 bits per heavy atom. The highest BCUT2D eigenvalue weighted by atomic mass is 35.5. The minimum absolute atomic E-state index is 0.501. The van der Waals surface area contributed by atoms with E-state index in [9.17, 15) is 5.11 Å². The van der Waals surface area contributed by atoms with Crippen molar-refractivity contribution in [2.45, 2.75) is 38.8 Å². The number of rotatable bonds is 3. The molecular weight excluding hydrogens is 224 g/mol. The molecule has 0 spiro atoms. The lowest BCUT2D eigenvalue weighted by Crippen LogP contribution is -2.51. The van der Waals surface area contributed by atoms with E-state index in [4.69, 9.17) is 17.3 Å². The number of nitrogens with two attached hydrogens (primary N) is 1. The molecular formula is C12H19ClN2O. The lowest BCUT2D eigenvalue weighted by atomic mass is 9.85. The van der Waals surface area contributed by atoms with E-state index in [1.165, 1.54) is 0 Å². The van der Waals surface area contributed by atoms with E-state index in [-0.39, 0.29) is 0 Å². The Morgan fingerprint density at radius 2 is 1.81 bits per heavy atom. The minimum Gasteiger partial charge on any atom is -0.396 e. The third-order valence-corrected chi connectivity index (χ3v) is 3.36. The van der Waals surface area contributed by atoms with Crippen molar-refractivity contribution in [2.24, 2.45) is 0 Å². The molecule has 4 heteroatoms. The SMILES string of the molecule is CC(C)(O)C(C)(C)Nc1cccc(Cl)c1N. The number of benzene rings is 1. The zero-order valence-corrected chi connectivity index (χ0v) is 10.9. The molecule has 0 saturated carbocycles. The van der Waals surface area contributed by atoms with Crippen LogP contribution in [0.3, 0.4) is 0 Å². The zero-order chi connectivity index (χ0) is 12.6. The smallest absolute Gasteiger partial charge is 0.0814 e. The first-order valence-corrected chi connectivity index (χ1v) is 5.57. The van der Waals surface area contributed by atoms with Gasteiger partial charge in [0.2, 0.25) is 0 Å². The van der Waals surface area contributed by atoms with Gasteiger partial charge in [-0.3, -0.25) is 0 Å². The van der Waals surface area contributed by atoms with Gasteiger partial charge in [0.05, 0.1) is 27.5 Å². The molecule has 0 aliphatic carbocycles. The first kappa shape index (κ1) is 13.1. The van der Waals surface area contributed by atoms with Gasteiger partial charge >= 0.3 is 0 Å². The number of hydrogen-bond donors (Lipinski definition) is 3. The molecule has 0 amide bonds. The van der Waals surface area contributed by atoms with Gasteiger partial charge in [-0.1, -0.05) is 17.7 Å². The minimum atomic E-state index is -0.873. The van der Waals surface area contributed by atoms with Crippen LogP contribution in [-0.4, -0.2) is 16.2 Å². The van der Waals surface area contributed by atoms with Crippen LogP contribution >= 0.6 is 11.6 Å². The van der Waals surface area contributed by atoms with Crippen molar-refractivity contribution < 1.29 is 5.11 Å². The summed E-state index contributed by atoms with van der Waals surface area (Å²) in [6.45, 7) is 7.32. The molecule has 1 aromatic rings. The molecule has 3 nitrogen and oxygen atoms in total. The monoisotopic (exact) mass is 242 g/mol. The van der Waals surface area contributed by atoms with Crippen LogP contribution in [0.25, 0.3) is 0 Å². The van der Waals surface area contributed by atoms with Crippen molar-refractivity contribution in [3.05, 3.63) is 23.2 Å². The van der Waals surface area contributed by atoms with E-state index in [2.05, 4.69) is 5.32 Å². The molecule has 0 aromatic heterocycles. The predicted molar refractivity (Wildman–Crippen MR) is 69.9 cm³/mol. The second-order valence-corrected chi connectivity index (χ2v) is 5.42. The fourth-order valence-corrected chi connectivity index (χ4v) is 1.31. The highest BCUT2D eigenvalue weighted by Gasteiger charge is 2.35. The summed E-state index contributed by atoms with van der Waals surface area (Å²) in [5.41, 5.74) is 5.71. The van der Waals surface area contributed by atoms with Crippen LogP contribution in [0.2, 0.25) is 5.02 Å². The van der Waals surface area contributed by atoms with Crippen LogP contribution in [0, 0.1) is 0 Å². The van der Waals surface area contributed by atoms with Gasteiger partial charge in [-0.2, -0.15) is 0 Å². The van der Waals surface area contributed by atoms with E-state index in [1.807, 2.05) is 26.0 Å². The van der Waals surface area contributed by atoms with Crippen molar-refractivity contribution >= 4 is 23.0 Å². The van der Waals surface area contributed by atoms with E-state index in [0.717, 1.165) is 5.69 Å². The molecule has 0 aliphatic rings. The zero-order valence-electron chi connectivity index (χ0n) is 10.1. The first-order chi connectivity index (χ1) is 7.15. The molecule has 0 atom stereocenters. The molecule has 4 N–H and O–H groups in total. The van der Waals surface area contributed by atoms with Gasteiger partial charge < -0.3 is 16.2 Å². The van der Waals surface area contributed by atoms with E-state index in [1.54, 1.807) is 19.9 Å². The quantitative estimate of drug-likeness (QED) is 0.715. The number of anilines is 2. The van der Waals surface area contributed by atoms with Gasteiger partial charge in [0.25, 0.3) is 0 Å². The molecule has 90 valence electrons. The van der Waals surface area contributed by atoms with Crippen LogP contribution in [0.1, 0.15) is 27.7 Å². The van der Waals surface area contributed by atoms with E-state index in [0.29, 0.717) is 10.7 Å². The maximum absolute atomic E-state index is 10.0. The molecule has 0 radical (unpaired) electrons. The predicted octanol–water partition coefficient (Wildman–Crippen LogP) is 2.88. The van der Waals surface area contributed by atoms with Gasteiger partial charge in [-0.25, -0.2) is 0 Å². The average molecular weight is 243 g/mol. The Kier molecular flexibility index (Phi) is 3.41. The summed E-state index contributed by atoms with van der Waals surface area (Å²) in [6, 6.07) is 5.40. The summed E-state index contributed by atoms with van der Waals surface area (Å²) in [4.78, 5) is 0. The largest absolute Gasteiger partial charge is 0.396 e. The summed E-state index contributed by atoms with van der Waals surface area (Å²) >= 11 is 5.93. The number of nitrogens with one attached hydrogen (secondary N) is 1. The Labute approximate surface area is 102 Å². The molecule has 0 bridgehead atoms. The first-order valence-electron chi connectivity index (χ1n) is 5.20. The Hall–Kier alpha value is -0.930. The number of para-hydroxylation sites is 1. The van der Waals surface area contributed by atoms with Crippen LogP contribution in [0.5, 0.6) is 0 Å². The standard InChI is InChI=1S/C12H19ClN2O/c1-11(2,12(3,4)16)15-9-7-5-6-8(13)10(9)14/h5-7,15-16H,14H2,1-4H3. The second-order valence-electron chi connectivity index (χ2n) is 5.01. The molecule has 1 aromatic carbocycles. The Morgan fingerprint density at radius 3 is 2.31 bits per heavy atom. The molecule has 0 saturated heterocycles. The molecule has 0 unspecified atom stereocenters. The third-order valence-electron chi connectivity index (χ3n) is 3.03. The summed E-state index contributed by atoms with van der Waals surface area (Å²) in [5.74, 6) is 0. The third kappa shape index (κ3) is 2.60. The van der Waals surface area contributed by atoms with Gasteiger partial charge in [0.15, 0.2) is 0 Å². The van der Waals surface area contributed by atoms with E-state index < -0.39 is 11.1 Å². The van der Waals surface area contributed by atoms with Crippen molar-refractivity contribution in [3.8, 4) is 0 Å². The van der Waals surface area contributed by atoms with Crippen molar-refractivity contribution in [3.63, 3.8) is 0 Å². The summed E-state index contributed by atoms with van der Waals surface area (Å²) in [5, 5.41) is 13.7. The number of hydrogen-bond acceptors (Lipinski definition) is 3. The highest BCUT2D eigenvalue weighted by Crippen LogP contribution is 2.32. The number of aliphatic hydroxyl groups is 1. The molecule has 0 heterocycles. The van der Waals surface area contributed by atoms with Crippen LogP contribution in [-0.2, 0) is 0 Å². The number of nitrogen functional groups attached to an aromatic ring is 1. The lowest BCUT2D eigenvalue weighted by Gasteiger charge is -2.39. The fraction of sp³-hybridized carbons (Fsp3) is 0.500. The van der Waals surface area contributed by atoms with Crippen molar-refractivity contribution in [1.82, 2.24) is 0 Å². The maximum atomic E-state index is 10.0. The maximum Gasteiger partial charge on any atom is 0.0814 e. The molecule has 1 rings (SSSR count). The van der Waals surface area contributed by atoms with Crippen LogP contribution < -0.4 is 11.1 Å². The van der Waals surface area contributed by atoms with Crippen LogP contribution in [0.4, 0.5) is 11.4 Å². The van der Waals surface area contributed by atoms with Crippen LogP contribution in [0.15, 0.2) is 18.2 Å². The Balaban J connectivity index is 3.02. The summed E-state index contributed by atoms with van der Waals surface area (Å²) in [6.07, 6.45) is 0. The van der Waals surface area contributed by atoms with Crippen molar-refractivity contribution in [1.29, 1.82) is 0 Å². The van der Waals surface area contributed by atoms with Gasteiger partial charge in [-0.15, -0.1) is 0 Å². The van der Waals surface area contributed by atoms with Gasteiger partial charge in [-0.05, 0) is 39.8 Å². The van der Waals surface area contributed by atoms with Crippen molar-refractivity contribution in [2.75, 3.05) is 11.1 Å². The van der Waals surface area contributed by atoms with Gasteiger partial charge in [0, 0.05) is 0 Å². The topological polar surface area (TPSA) is 58.3 Å². The highest BCUT2D eigenvalue weighted by molar-refractivity contribution is 6.33. The molecule has 16 heavy (non-hydrogen) atoms. The average Bonchev–Trinajstić information content (AvgIpc) is 2.11. The number of halogens is 1. The summed E-state index contributed by atoms with van der Waals surface area (Å²) in [7, 11) is 0. The van der Waals surface area contributed by atoms with Gasteiger partial charge in [0.1, 0.15) is 0 Å². The Bertz CT molecular complexity index is 383. The fourth-order valence-electron chi connectivity index (χ4n) is 1.14. The second kappa shape index (κ2) is 4.15. The normalized spacial score (nSPS) is 12.6. The molecule has 0 aliphatic heterocycles. The molecule has 0 fully saturated rings. The van der Waals surface area contributed by atoms with E-state index >= 15 is 0 Å². The lowest BCUT2D eigenvalue weighted by molar-refractivity contribution is 0.0241.